The van der Waals surface area contributed by atoms with Gasteiger partial charge in [0, 0.05) is 25.7 Å². The Balaban J connectivity index is 2.15. The van der Waals surface area contributed by atoms with Crippen LogP contribution in [0.15, 0.2) is 29.8 Å². The average Bonchev–Trinajstić information content (AvgIpc) is 2.72. The fraction of sp³-hybridized carbons (Fsp3) is 0.455. The molecule has 1 aliphatic heterocycles. The molecule has 0 saturated carbocycles. The summed E-state index contributed by atoms with van der Waals surface area (Å²) in [6.07, 6.45) is 4.12. The maximum Gasteiger partial charge on any atom is 0.304 e. The van der Waals surface area contributed by atoms with E-state index in [2.05, 4.69) is 10.3 Å². The van der Waals surface area contributed by atoms with Crippen molar-refractivity contribution in [1.29, 1.82) is 0 Å². The second-order valence-corrected chi connectivity index (χ2v) is 3.91. The normalized spacial score (nSPS) is 23.5. The Morgan fingerprint density at radius 2 is 2.41 bits per heavy atom. The minimum Gasteiger partial charge on any atom is -0.440 e. The molecular formula is C11H13N3O3. The van der Waals surface area contributed by atoms with Gasteiger partial charge in [0.15, 0.2) is 6.23 Å². The van der Waals surface area contributed by atoms with Crippen molar-refractivity contribution in [2.45, 2.75) is 32.0 Å². The van der Waals surface area contributed by atoms with Crippen LogP contribution in [0.3, 0.4) is 0 Å². The van der Waals surface area contributed by atoms with E-state index < -0.39 is 12.2 Å². The van der Waals surface area contributed by atoms with Crippen molar-refractivity contribution in [3.8, 4) is 0 Å². The molecule has 1 aromatic heterocycles. The van der Waals surface area contributed by atoms with Gasteiger partial charge in [-0.3, -0.25) is 9.78 Å². The highest BCUT2D eigenvalue weighted by Gasteiger charge is 2.36. The quantitative estimate of drug-likeness (QED) is 0.590. The van der Waals surface area contributed by atoms with Gasteiger partial charge < -0.3 is 4.74 Å². The van der Waals surface area contributed by atoms with Crippen LogP contribution in [0.1, 0.15) is 31.4 Å². The van der Waals surface area contributed by atoms with Crippen LogP contribution in [0.4, 0.5) is 0 Å². The number of esters is 1. The average molecular weight is 235 g/mol. The SMILES string of the molecule is CC(=O)O[C@@H]1CC[C@@H](c2cccnc2)N1N=O. The Morgan fingerprint density at radius 1 is 1.59 bits per heavy atom. The molecule has 1 saturated heterocycles. The third-order valence-corrected chi connectivity index (χ3v) is 2.77. The van der Waals surface area contributed by atoms with Gasteiger partial charge in [-0.15, -0.1) is 4.91 Å². The zero-order chi connectivity index (χ0) is 12.3. The van der Waals surface area contributed by atoms with Crippen molar-refractivity contribution in [2.24, 2.45) is 5.29 Å². The fourth-order valence-electron chi connectivity index (χ4n) is 2.07. The molecule has 2 rings (SSSR count). The summed E-state index contributed by atoms with van der Waals surface area (Å²) >= 11 is 0. The second kappa shape index (κ2) is 4.90. The van der Waals surface area contributed by atoms with E-state index in [1.807, 2.05) is 6.07 Å². The first kappa shape index (κ1) is 11.5. The fourth-order valence-corrected chi connectivity index (χ4v) is 2.07. The molecule has 1 fully saturated rings. The molecule has 1 aromatic rings. The lowest BCUT2D eigenvalue weighted by molar-refractivity contribution is -0.155. The molecule has 0 spiro atoms. The molecule has 0 bridgehead atoms. The van der Waals surface area contributed by atoms with Gasteiger partial charge in [0.2, 0.25) is 0 Å². The monoisotopic (exact) mass is 235 g/mol. The molecule has 0 aromatic carbocycles. The van der Waals surface area contributed by atoms with E-state index in [-0.39, 0.29) is 6.04 Å². The van der Waals surface area contributed by atoms with Crippen LogP contribution in [-0.2, 0) is 9.53 Å². The van der Waals surface area contributed by atoms with Crippen molar-refractivity contribution in [3.63, 3.8) is 0 Å². The Bertz CT molecular complexity index is 410. The lowest BCUT2D eigenvalue weighted by atomic mass is 10.1. The number of aromatic nitrogens is 1. The third-order valence-electron chi connectivity index (χ3n) is 2.77. The molecule has 6 heteroatoms. The van der Waals surface area contributed by atoms with Crippen molar-refractivity contribution in [1.82, 2.24) is 9.99 Å². The van der Waals surface area contributed by atoms with Crippen molar-refractivity contribution in [3.05, 3.63) is 35.0 Å². The first-order chi connectivity index (χ1) is 8.22. The Kier molecular flexibility index (Phi) is 3.32. The summed E-state index contributed by atoms with van der Waals surface area (Å²) in [5.74, 6) is -0.407. The summed E-state index contributed by atoms with van der Waals surface area (Å²) in [4.78, 5) is 25.8. The molecule has 0 unspecified atom stereocenters. The van der Waals surface area contributed by atoms with Gasteiger partial charge in [0.1, 0.15) is 0 Å². The number of pyridine rings is 1. The number of ether oxygens (including phenoxy) is 1. The minimum atomic E-state index is -0.560. The minimum absolute atomic E-state index is 0.162. The predicted octanol–water partition coefficient (Wildman–Crippen LogP) is 1.79. The molecule has 6 nitrogen and oxygen atoms in total. The van der Waals surface area contributed by atoms with E-state index in [4.69, 9.17) is 4.74 Å². The van der Waals surface area contributed by atoms with Gasteiger partial charge in [-0.25, -0.2) is 5.01 Å². The predicted molar refractivity (Wildman–Crippen MR) is 59.4 cm³/mol. The molecule has 2 heterocycles. The number of nitrogens with zero attached hydrogens (tertiary/aromatic N) is 3. The van der Waals surface area contributed by atoms with E-state index >= 15 is 0 Å². The Hall–Kier alpha value is -1.98. The number of rotatable bonds is 3. The van der Waals surface area contributed by atoms with Crippen LogP contribution < -0.4 is 0 Å². The van der Waals surface area contributed by atoms with Gasteiger partial charge in [-0.05, 0) is 18.1 Å². The van der Waals surface area contributed by atoms with E-state index in [0.29, 0.717) is 6.42 Å². The molecule has 0 aliphatic carbocycles. The van der Waals surface area contributed by atoms with Gasteiger partial charge in [0.25, 0.3) is 0 Å². The largest absolute Gasteiger partial charge is 0.440 e. The zero-order valence-electron chi connectivity index (χ0n) is 9.44. The lowest BCUT2D eigenvalue weighted by Crippen LogP contribution is -2.30. The molecule has 90 valence electrons. The topological polar surface area (TPSA) is 71.9 Å². The van der Waals surface area contributed by atoms with E-state index in [1.165, 1.54) is 11.9 Å². The van der Waals surface area contributed by atoms with Crippen LogP contribution in [-0.4, -0.2) is 22.2 Å². The molecule has 17 heavy (non-hydrogen) atoms. The van der Waals surface area contributed by atoms with Crippen LogP contribution in [0.25, 0.3) is 0 Å². The van der Waals surface area contributed by atoms with Crippen molar-refractivity contribution >= 4 is 5.97 Å². The maximum atomic E-state index is 10.9. The van der Waals surface area contributed by atoms with Crippen molar-refractivity contribution < 1.29 is 9.53 Å². The summed E-state index contributed by atoms with van der Waals surface area (Å²) in [5.41, 5.74) is 0.904. The van der Waals surface area contributed by atoms with Gasteiger partial charge in [0.05, 0.1) is 11.3 Å². The third kappa shape index (κ3) is 2.41. The number of hydrogen-bond acceptors (Lipinski definition) is 5. The smallest absolute Gasteiger partial charge is 0.304 e. The first-order valence-electron chi connectivity index (χ1n) is 5.41. The maximum absolute atomic E-state index is 10.9. The Labute approximate surface area is 98.5 Å². The van der Waals surface area contributed by atoms with Gasteiger partial charge >= 0.3 is 5.97 Å². The van der Waals surface area contributed by atoms with Gasteiger partial charge in [-0.2, -0.15) is 0 Å². The van der Waals surface area contributed by atoms with Crippen molar-refractivity contribution in [2.75, 3.05) is 0 Å². The summed E-state index contributed by atoms with van der Waals surface area (Å²) in [6, 6.07) is 3.52. The summed E-state index contributed by atoms with van der Waals surface area (Å²) < 4.78 is 5.04. The number of carbonyl (C=O) groups is 1. The van der Waals surface area contributed by atoms with Gasteiger partial charge in [-0.1, -0.05) is 6.07 Å². The number of hydrogen-bond donors (Lipinski definition) is 0. The second-order valence-electron chi connectivity index (χ2n) is 3.91. The van der Waals surface area contributed by atoms with Crippen LogP contribution in [0.5, 0.6) is 0 Å². The first-order valence-corrected chi connectivity index (χ1v) is 5.41. The van der Waals surface area contributed by atoms with E-state index in [9.17, 15) is 9.70 Å². The summed E-state index contributed by atoms with van der Waals surface area (Å²) in [5, 5.41) is 4.25. The van der Waals surface area contributed by atoms with Crippen LogP contribution >= 0.6 is 0 Å². The molecule has 0 amide bonds. The van der Waals surface area contributed by atoms with Crippen LogP contribution in [0, 0.1) is 4.91 Å². The summed E-state index contributed by atoms with van der Waals surface area (Å²) in [7, 11) is 0. The van der Waals surface area contributed by atoms with Crippen LogP contribution in [0.2, 0.25) is 0 Å². The molecular weight excluding hydrogens is 222 g/mol. The highest BCUT2D eigenvalue weighted by Crippen LogP contribution is 2.36. The highest BCUT2D eigenvalue weighted by atomic mass is 16.6. The Morgan fingerprint density at radius 3 is 3.00 bits per heavy atom. The summed E-state index contributed by atoms with van der Waals surface area (Å²) in [6.45, 7) is 1.32. The molecule has 0 N–H and O–H groups in total. The zero-order valence-corrected chi connectivity index (χ0v) is 9.44. The molecule has 0 radical (unpaired) electrons. The van der Waals surface area contributed by atoms with E-state index in [1.54, 1.807) is 18.5 Å². The highest BCUT2D eigenvalue weighted by molar-refractivity contribution is 5.66. The standard InChI is InChI=1S/C11H13N3O3/c1-8(15)17-11-5-4-10(14(11)13-16)9-3-2-6-12-7-9/h2-3,6-7,10-11H,4-5H2,1H3/t10-,11+/m0/s1. The molecule has 2 atom stereocenters. The lowest BCUT2D eigenvalue weighted by Gasteiger charge is -2.23. The number of nitroso groups, excluding NO2 is 1. The number of carbonyl (C=O) groups excluding carboxylic acids is 1. The van der Waals surface area contributed by atoms with E-state index in [0.717, 1.165) is 12.0 Å². The molecule has 1 aliphatic rings.